The first-order valence-corrected chi connectivity index (χ1v) is 10.7. The van der Waals surface area contributed by atoms with Gasteiger partial charge in [-0.05, 0) is 36.4 Å². The molecule has 3 aromatic rings. The van der Waals surface area contributed by atoms with Gasteiger partial charge in [-0.2, -0.15) is 0 Å². The third kappa shape index (κ3) is 4.87. The van der Waals surface area contributed by atoms with Crippen LogP contribution in [0.4, 0.5) is 0 Å². The number of sulfone groups is 1. The highest BCUT2D eigenvalue weighted by atomic mass is 32.2. The molecule has 1 heterocycles. The molecule has 0 aliphatic carbocycles. The Morgan fingerprint density at radius 1 is 1.14 bits per heavy atom. The van der Waals surface area contributed by atoms with E-state index in [4.69, 9.17) is 4.74 Å². The minimum atomic E-state index is -3.35. The lowest BCUT2D eigenvalue weighted by Gasteiger charge is -2.22. The summed E-state index contributed by atoms with van der Waals surface area (Å²) in [5.74, 6) is 0.0313. The lowest BCUT2D eigenvalue weighted by molar-refractivity contribution is 0.0675. The van der Waals surface area contributed by atoms with Gasteiger partial charge in [0.05, 0.1) is 29.0 Å². The molecule has 8 nitrogen and oxygen atoms in total. The van der Waals surface area contributed by atoms with E-state index in [0.717, 1.165) is 6.26 Å². The van der Waals surface area contributed by atoms with Crippen molar-refractivity contribution < 1.29 is 17.9 Å². The summed E-state index contributed by atoms with van der Waals surface area (Å²) in [5.41, 5.74) is 0.599. The number of hydrogen-bond acceptors (Lipinski definition) is 6. The number of amides is 1. The van der Waals surface area contributed by atoms with Crippen molar-refractivity contribution in [1.29, 1.82) is 0 Å². The third-order valence-electron chi connectivity index (χ3n) is 4.38. The van der Waals surface area contributed by atoms with E-state index in [1.165, 1.54) is 36.3 Å². The predicted molar refractivity (Wildman–Crippen MR) is 109 cm³/mol. The highest BCUT2D eigenvalue weighted by Gasteiger charge is 2.18. The zero-order valence-electron chi connectivity index (χ0n) is 16.1. The van der Waals surface area contributed by atoms with Crippen LogP contribution in [0.5, 0.6) is 0 Å². The third-order valence-corrected chi connectivity index (χ3v) is 5.51. The highest BCUT2D eigenvalue weighted by Crippen LogP contribution is 2.14. The van der Waals surface area contributed by atoms with Gasteiger partial charge >= 0.3 is 0 Å². The second-order valence-corrected chi connectivity index (χ2v) is 8.56. The minimum Gasteiger partial charge on any atom is -0.383 e. The van der Waals surface area contributed by atoms with Crippen molar-refractivity contribution in [3.8, 4) is 0 Å². The molecule has 2 aromatic carbocycles. The molecule has 0 spiro atoms. The molecule has 3 rings (SSSR count). The number of methoxy groups -OCH3 is 1. The van der Waals surface area contributed by atoms with E-state index in [0.29, 0.717) is 28.9 Å². The van der Waals surface area contributed by atoms with Crippen molar-refractivity contribution in [2.24, 2.45) is 0 Å². The van der Waals surface area contributed by atoms with Crippen LogP contribution in [0.1, 0.15) is 16.2 Å². The van der Waals surface area contributed by atoms with E-state index in [1.807, 2.05) is 0 Å². The number of hydrogen-bond donors (Lipinski definition) is 1. The Morgan fingerprint density at radius 2 is 1.83 bits per heavy atom. The molecule has 0 saturated heterocycles. The topological polar surface area (TPSA) is 109 Å². The van der Waals surface area contributed by atoms with Gasteiger partial charge in [-0.1, -0.05) is 12.1 Å². The average Bonchev–Trinajstić information content (AvgIpc) is 2.70. The van der Waals surface area contributed by atoms with Crippen LogP contribution >= 0.6 is 0 Å². The summed E-state index contributed by atoms with van der Waals surface area (Å²) in [6, 6.07) is 12.7. The highest BCUT2D eigenvalue weighted by molar-refractivity contribution is 7.90. The quantitative estimate of drug-likeness (QED) is 0.628. The van der Waals surface area contributed by atoms with Gasteiger partial charge in [0.25, 0.3) is 11.5 Å². The molecular weight excluding hydrogens is 394 g/mol. The van der Waals surface area contributed by atoms with Crippen LogP contribution in [0.15, 0.2) is 58.2 Å². The number of benzene rings is 2. The van der Waals surface area contributed by atoms with Crippen LogP contribution in [0, 0.1) is 0 Å². The Balaban J connectivity index is 1.89. The van der Waals surface area contributed by atoms with Gasteiger partial charge in [0.2, 0.25) is 0 Å². The number of fused-ring (bicyclic) bond motifs is 1. The second-order valence-electron chi connectivity index (χ2n) is 6.55. The molecule has 1 aromatic heterocycles. The Morgan fingerprint density at radius 3 is 2.48 bits per heavy atom. The molecule has 0 aliphatic heterocycles. The SMILES string of the molecule is COCCN(Cc1nc2ccccc2c(=O)[nH]1)C(=O)c1ccc(S(C)(=O)=O)cc1. The fourth-order valence-electron chi connectivity index (χ4n) is 2.87. The summed E-state index contributed by atoms with van der Waals surface area (Å²) in [4.78, 5) is 34.0. The number of H-pyrrole nitrogens is 1. The number of ether oxygens (including phenoxy) is 1. The first-order chi connectivity index (χ1) is 13.8. The van der Waals surface area contributed by atoms with Crippen molar-refractivity contribution in [2.45, 2.75) is 11.4 Å². The number of nitrogens with zero attached hydrogens (tertiary/aromatic N) is 2. The summed E-state index contributed by atoms with van der Waals surface area (Å²) < 4.78 is 28.3. The number of aromatic nitrogens is 2. The molecule has 152 valence electrons. The van der Waals surface area contributed by atoms with E-state index in [-0.39, 0.29) is 29.5 Å². The summed E-state index contributed by atoms with van der Waals surface area (Å²) in [6.45, 7) is 0.654. The maximum atomic E-state index is 13.0. The number of nitrogens with one attached hydrogen (secondary N) is 1. The first kappa shape index (κ1) is 20.7. The zero-order chi connectivity index (χ0) is 21.0. The molecule has 0 aliphatic rings. The van der Waals surface area contributed by atoms with E-state index >= 15 is 0 Å². The Hall–Kier alpha value is -3.04. The molecule has 0 fully saturated rings. The lowest BCUT2D eigenvalue weighted by atomic mass is 10.2. The van der Waals surface area contributed by atoms with Crippen molar-refractivity contribution in [3.05, 3.63) is 70.3 Å². The molecule has 1 amide bonds. The molecule has 0 saturated carbocycles. The second kappa shape index (κ2) is 8.54. The average molecular weight is 415 g/mol. The molecule has 1 N–H and O–H groups in total. The van der Waals surface area contributed by atoms with Gasteiger partial charge in [0.15, 0.2) is 9.84 Å². The van der Waals surface area contributed by atoms with Gasteiger partial charge in [-0.25, -0.2) is 13.4 Å². The van der Waals surface area contributed by atoms with Gasteiger partial charge in [-0.3, -0.25) is 9.59 Å². The minimum absolute atomic E-state index is 0.0795. The molecule has 0 atom stereocenters. The monoisotopic (exact) mass is 415 g/mol. The first-order valence-electron chi connectivity index (χ1n) is 8.86. The van der Waals surface area contributed by atoms with E-state index < -0.39 is 9.84 Å². The summed E-state index contributed by atoms with van der Waals surface area (Å²) >= 11 is 0. The zero-order valence-corrected chi connectivity index (χ0v) is 16.9. The molecule has 0 bridgehead atoms. The maximum Gasteiger partial charge on any atom is 0.258 e. The number of carbonyl (C=O) groups is 1. The van der Waals surface area contributed by atoms with Crippen LogP contribution in [-0.2, 0) is 21.1 Å². The van der Waals surface area contributed by atoms with Gasteiger partial charge in [0.1, 0.15) is 5.82 Å². The van der Waals surface area contributed by atoms with Gasteiger partial charge < -0.3 is 14.6 Å². The Labute approximate surface area is 168 Å². The number of aromatic amines is 1. The number of para-hydroxylation sites is 1. The van der Waals surface area contributed by atoms with Gasteiger partial charge in [-0.15, -0.1) is 0 Å². The largest absolute Gasteiger partial charge is 0.383 e. The van der Waals surface area contributed by atoms with Crippen LogP contribution in [0.25, 0.3) is 10.9 Å². The van der Waals surface area contributed by atoms with Crippen molar-refractivity contribution in [3.63, 3.8) is 0 Å². The Kier molecular flexibility index (Phi) is 6.09. The van der Waals surface area contributed by atoms with Gasteiger partial charge in [0, 0.05) is 25.5 Å². The Bertz CT molecular complexity index is 1190. The van der Waals surface area contributed by atoms with Crippen molar-refractivity contribution in [2.75, 3.05) is 26.5 Å². The molecule has 0 radical (unpaired) electrons. The van der Waals surface area contributed by atoms with E-state index in [2.05, 4.69) is 9.97 Å². The normalized spacial score (nSPS) is 11.5. The molecule has 0 unspecified atom stereocenters. The van der Waals surface area contributed by atoms with E-state index in [9.17, 15) is 18.0 Å². The van der Waals surface area contributed by atoms with Crippen LogP contribution in [-0.4, -0.2) is 55.7 Å². The fourth-order valence-corrected chi connectivity index (χ4v) is 3.50. The predicted octanol–water partition coefficient (Wildman–Crippen LogP) is 1.62. The summed E-state index contributed by atoms with van der Waals surface area (Å²) in [5, 5.41) is 0.474. The molecular formula is C20H21N3O5S. The lowest BCUT2D eigenvalue weighted by Crippen LogP contribution is -2.34. The van der Waals surface area contributed by atoms with Crippen LogP contribution in [0.3, 0.4) is 0 Å². The maximum absolute atomic E-state index is 13.0. The summed E-state index contributed by atoms with van der Waals surface area (Å²) in [6.07, 6.45) is 1.11. The molecule has 9 heteroatoms. The summed E-state index contributed by atoms with van der Waals surface area (Å²) in [7, 11) is -1.82. The standard InChI is InChI=1S/C20H21N3O5S/c1-28-12-11-23(20(25)14-7-9-15(10-8-14)29(2,26)27)13-18-21-17-6-4-3-5-16(17)19(24)22-18/h3-10H,11-13H2,1-2H3,(H,21,22,24). The number of carbonyl (C=O) groups excluding carboxylic acids is 1. The van der Waals surface area contributed by atoms with Crippen molar-refractivity contribution >= 4 is 26.6 Å². The molecule has 29 heavy (non-hydrogen) atoms. The fraction of sp³-hybridized carbons (Fsp3) is 0.250. The van der Waals surface area contributed by atoms with Crippen molar-refractivity contribution in [1.82, 2.24) is 14.9 Å². The van der Waals surface area contributed by atoms with E-state index in [1.54, 1.807) is 24.3 Å². The number of rotatable bonds is 7. The van der Waals surface area contributed by atoms with Crippen LogP contribution < -0.4 is 5.56 Å². The smallest absolute Gasteiger partial charge is 0.258 e. The van der Waals surface area contributed by atoms with Crippen LogP contribution in [0.2, 0.25) is 0 Å².